The maximum atomic E-state index is 12.3. The van der Waals surface area contributed by atoms with Crippen molar-refractivity contribution in [1.82, 2.24) is 5.32 Å². The minimum Gasteiger partial charge on any atom is -0.484 e. The van der Waals surface area contributed by atoms with E-state index >= 15 is 0 Å². The standard InChI is InChI=1S/C26H23NO5/c28-16-21(14-18-6-2-1-3-7-18)27-25(29)17-31-22-12-10-19(11-13-22)23-15-20-8-4-5-9-24(20)32-26(23)30/h1-13,15,21,28H,14,16-17H2,(H,27,29)/t21-/m0/s1. The summed E-state index contributed by atoms with van der Waals surface area (Å²) >= 11 is 0. The summed E-state index contributed by atoms with van der Waals surface area (Å²) < 4.78 is 10.9. The maximum absolute atomic E-state index is 12.3. The van der Waals surface area contributed by atoms with Crippen molar-refractivity contribution in [2.45, 2.75) is 12.5 Å². The number of para-hydroxylation sites is 1. The van der Waals surface area contributed by atoms with Gasteiger partial charge in [-0.05, 0) is 41.8 Å². The molecule has 6 nitrogen and oxygen atoms in total. The molecule has 2 N–H and O–H groups in total. The van der Waals surface area contributed by atoms with E-state index < -0.39 is 5.63 Å². The van der Waals surface area contributed by atoms with Crippen LogP contribution >= 0.6 is 0 Å². The average molecular weight is 429 g/mol. The molecule has 6 heteroatoms. The first kappa shape index (κ1) is 21.3. The zero-order chi connectivity index (χ0) is 22.3. The van der Waals surface area contributed by atoms with E-state index in [1.165, 1.54) is 0 Å². The van der Waals surface area contributed by atoms with Gasteiger partial charge in [0, 0.05) is 5.39 Å². The van der Waals surface area contributed by atoms with Gasteiger partial charge in [-0.2, -0.15) is 0 Å². The zero-order valence-corrected chi connectivity index (χ0v) is 17.4. The van der Waals surface area contributed by atoms with Gasteiger partial charge in [0.05, 0.1) is 18.2 Å². The van der Waals surface area contributed by atoms with Crippen molar-refractivity contribution in [2.75, 3.05) is 13.2 Å². The fourth-order valence-corrected chi connectivity index (χ4v) is 3.47. The van der Waals surface area contributed by atoms with E-state index in [9.17, 15) is 14.7 Å². The number of carbonyl (C=O) groups is 1. The van der Waals surface area contributed by atoms with Crippen molar-refractivity contribution < 1.29 is 19.1 Å². The van der Waals surface area contributed by atoms with Gasteiger partial charge in [-0.25, -0.2) is 4.79 Å². The van der Waals surface area contributed by atoms with Crippen LogP contribution in [0.1, 0.15) is 5.56 Å². The molecule has 0 bridgehead atoms. The third-order valence-corrected chi connectivity index (χ3v) is 5.09. The molecule has 3 aromatic carbocycles. The van der Waals surface area contributed by atoms with Crippen molar-refractivity contribution >= 4 is 16.9 Å². The number of amides is 1. The monoisotopic (exact) mass is 429 g/mol. The number of benzene rings is 3. The molecule has 0 aliphatic rings. The molecule has 0 spiro atoms. The normalized spacial score (nSPS) is 11.8. The Bertz CT molecular complexity index is 1250. The number of carbonyl (C=O) groups excluding carboxylic acids is 1. The molecule has 1 heterocycles. The molecule has 1 aromatic heterocycles. The lowest BCUT2D eigenvalue weighted by molar-refractivity contribution is -0.124. The summed E-state index contributed by atoms with van der Waals surface area (Å²) in [6, 6.07) is 25.3. The molecule has 32 heavy (non-hydrogen) atoms. The highest BCUT2D eigenvalue weighted by molar-refractivity contribution is 5.81. The average Bonchev–Trinajstić information content (AvgIpc) is 2.83. The van der Waals surface area contributed by atoms with Gasteiger partial charge in [0.25, 0.3) is 5.91 Å². The van der Waals surface area contributed by atoms with Crippen LogP contribution in [-0.4, -0.2) is 30.3 Å². The Labute approximate surface area is 185 Å². The Morgan fingerprint density at radius 1 is 0.969 bits per heavy atom. The molecule has 162 valence electrons. The van der Waals surface area contributed by atoms with E-state index in [1.54, 1.807) is 36.4 Å². The van der Waals surface area contributed by atoms with E-state index in [2.05, 4.69) is 5.32 Å². The molecule has 0 radical (unpaired) electrons. The summed E-state index contributed by atoms with van der Waals surface area (Å²) in [5.74, 6) is 0.178. The summed E-state index contributed by atoms with van der Waals surface area (Å²) in [6.45, 7) is -0.341. The lowest BCUT2D eigenvalue weighted by Crippen LogP contribution is -2.41. The first-order valence-corrected chi connectivity index (χ1v) is 10.3. The molecule has 1 atom stereocenters. The highest BCUT2D eigenvalue weighted by atomic mass is 16.5. The molecule has 0 aliphatic carbocycles. The van der Waals surface area contributed by atoms with Crippen LogP contribution in [-0.2, 0) is 11.2 Å². The van der Waals surface area contributed by atoms with E-state index in [1.807, 2.05) is 48.5 Å². The van der Waals surface area contributed by atoms with Gasteiger partial charge >= 0.3 is 5.63 Å². The van der Waals surface area contributed by atoms with Crippen LogP contribution in [0.4, 0.5) is 0 Å². The van der Waals surface area contributed by atoms with Crippen LogP contribution in [0.3, 0.4) is 0 Å². The predicted molar refractivity (Wildman–Crippen MR) is 123 cm³/mol. The van der Waals surface area contributed by atoms with Crippen molar-refractivity contribution in [3.63, 3.8) is 0 Å². The highest BCUT2D eigenvalue weighted by Crippen LogP contribution is 2.23. The van der Waals surface area contributed by atoms with Crippen LogP contribution < -0.4 is 15.7 Å². The van der Waals surface area contributed by atoms with Gasteiger partial charge < -0.3 is 19.6 Å². The van der Waals surface area contributed by atoms with E-state index in [-0.39, 0.29) is 25.2 Å². The van der Waals surface area contributed by atoms with Gasteiger partial charge in [-0.15, -0.1) is 0 Å². The fourth-order valence-electron chi connectivity index (χ4n) is 3.47. The number of aliphatic hydroxyl groups excluding tert-OH is 1. The van der Waals surface area contributed by atoms with E-state index in [0.717, 1.165) is 10.9 Å². The van der Waals surface area contributed by atoms with Crippen molar-refractivity contribution in [1.29, 1.82) is 0 Å². The maximum Gasteiger partial charge on any atom is 0.344 e. The Morgan fingerprint density at radius 2 is 1.69 bits per heavy atom. The quantitative estimate of drug-likeness (QED) is 0.418. The van der Waals surface area contributed by atoms with E-state index in [0.29, 0.717) is 28.9 Å². The SMILES string of the molecule is O=C(COc1ccc(-c2cc3ccccc3oc2=O)cc1)N[C@H](CO)Cc1ccccc1. The van der Waals surface area contributed by atoms with Gasteiger partial charge in [0.2, 0.25) is 0 Å². The van der Waals surface area contributed by atoms with E-state index in [4.69, 9.17) is 9.15 Å². The predicted octanol–water partition coefficient (Wildman–Crippen LogP) is 3.56. The molecule has 0 fully saturated rings. The number of ether oxygens (including phenoxy) is 1. The number of rotatable bonds is 8. The molecule has 1 amide bonds. The Morgan fingerprint density at radius 3 is 2.44 bits per heavy atom. The Balaban J connectivity index is 1.36. The van der Waals surface area contributed by atoms with Gasteiger partial charge in [-0.1, -0.05) is 60.7 Å². The second kappa shape index (κ2) is 9.94. The third kappa shape index (κ3) is 5.22. The number of fused-ring (bicyclic) bond motifs is 1. The molecule has 0 aliphatic heterocycles. The fraction of sp³-hybridized carbons (Fsp3) is 0.154. The Kier molecular flexibility index (Phi) is 6.63. The molecular weight excluding hydrogens is 406 g/mol. The molecule has 0 saturated heterocycles. The second-order valence-corrected chi connectivity index (χ2v) is 7.44. The van der Waals surface area contributed by atoms with Crippen LogP contribution in [0.2, 0.25) is 0 Å². The minimum atomic E-state index is -0.412. The number of nitrogens with one attached hydrogen (secondary N) is 1. The molecule has 0 unspecified atom stereocenters. The highest BCUT2D eigenvalue weighted by Gasteiger charge is 2.13. The summed E-state index contributed by atoms with van der Waals surface area (Å²) in [5, 5.41) is 13.2. The van der Waals surface area contributed by atoms with Gasteiger partial charge in [0.15, 0.2) is 6.61 Å². The summed E-state index contributed by atoms with van der Waals surface area (Å²) in [7, 11) is 0. The molecular formula is C26H23NO5. The lowest BCUT2D eigenvalue weighted by Gasteiger charge is -2.16. The van der Waals surface area contributed by atoms with Crippen molar-refractivity contribution in [3.8, 4) is 16.9 Å². The number of aliphatic hydroxyl groups is 1. The van der Waals surface area contributed by atoms with Crippen molar-refractivity contribution in [2.24, 2.45) is 0 Å². The summed E-state index contributed by atoms with van der Waals surface area (Å²) in [4.78, 5) is 24.6. The summed E-state index contributed by atoms with van der Waals surface area (Å²) in [5.41, 5.74) is 2.32. The number of hydrogen-bond acceptors (Lipinski definition) is 5. The van der Waals surface area contributed by atoms with Crippen LogP contribution in [0, 0.1) is 0 Å². The van der Waals surface area contributed by atoms with Crippen molar-refractivity contribution in [3.05, 3.63) is 101 Å². The van der Waals surface area contributed by atoms with Gasteiger partial charge in [0.1, 0.15) is 11.3 Å². The van der Waals surface area contributed by atoms with Crippen LogP contribution in [0.15, 0.2) is 94.1 Å². The smallest absolute Gasteiger partial charge is 0.344 e. The number of hydrogen-bond donors (Lipinski definition) is 2. The molecule has 4 rings (SSSR count). The first-order chi connectivity index (χ1) is 15.6. The van der Waals surface area contributed by atoms with Gasteiger partial charge in [-0.3, -0.25) is 4.79 Å². The lowest BCUT2D eigenvalue weighted by atomic mass is 10.1. The second-order valence-electron chi connectivity index (χ2n) is 7.44. The Hall–Kier alpha value is -3.90. The zero-order valence-electron chi connectivity index (χ0n) is 17.4. The third-order valence-electron chi connectivity index (χ3n) is 5.09. The summed E-state index contributed by atoms with van der Waals surface area (Å²) in [6.07, 6.45) is 0.534. The molecule has 4 aromatic rings. The topological polar surface area (TPSA) is 88.8 Å². The minimum absolute atomic E-state index is 0.163. The largest absolute Gasteiger partial charge is 0.484 e. The molecule has 0 saturated carbocycles. The van der Waals surface area contributed by atoms with Crippen LogP contribution in [0.5, 0.6) is 5.75 Å². The first-order valence-electron chi connectivity index (χ1n) is 10.3. The van der Waals surface area contributed by atoms with Crippen LogP contribution in [0.25, 0.3) is 22.1 Å².